The van der Waals surface area contributed by atoms with E-state index >= 15 is 0 Å². The van der Waals surface area contributed by atoms with Crippen LogP contribution in [-0.2, 0) is 19.1 Å². The molecule has 1 aromatic rings. The maximum atomic E-state index is 12.2. The fraction of sp³-hybridized carbons (Fsp3) is 0.381. The number of hydrogen-bond donors (Lipinski definition) is 0. The number of ketones is 2. The molecule has 1 unspecified atom stereocenters. The fourth-order valence-corrected chi connectivity index (χ4v) is 2.49. The van der Waals surface area contributed by atoms with Crippen molar-refractivity contribution in [2.75, 3.05) is 13.7 Å². The molecule has 6 heteroatoms. The summed E-state index contributed by atoms with van der Waals surface area (Å²) in [6, 6.07) is 5.25. The number of esters is 1. The van der Waals surface area contributed by atoms with Crippen LogP contribution in [0.2, 0.25) is 0 Å². The SMILES string of the molecule is COc1cc(C=CC(=O)C2C(=O)C=C(C)OC2=O)ccc1OCCC(C)C. The molecule has 27 heavy (non-hydrogen) atoms. The largest absolute Gasteiger partial charge is 0.493 e. The smallest absolute Gasteiger partial charge is 0.329 e. The second-order valence-electron chi connectivity index (χ2n) is 6.69. The van der Waals surface area contributed by atoms with E-state index in [9.17, 15) is 14.4 Å². The van der Waals surface area contributed by atoms with Crippen LogP contribution < -0.4 is 9.47 Å². The van der Waals surface area contributed by atoms with Gasteiger partial charge in [0.05, 0.1) is 13.7 Å². The number of benzene rings is 1. The lowest BCUT2D eigenvalue weighted by atomic mass is 9.96. The van der Waals surface area contributed by atoms with Gasteiger partial charge in [0.15, 0.2) is 29.0 Å². The third kappa shape index (κ3) is 5.54. The second kappa shape index (κ2) is 9.16. The number of rotatable bonds is 8. The van der Waals surface area contributed by atoms with Gasteiger partial charge in [0.2, 0.25) is 0 Å². The summed E-state index contributed by atoms with van der Waals surface area (Å²) in [5.74, 6) is -1.58. The van der Waals surface area contributed by atoms with Gasteiger partial charge in [-0.05, 0) is 43.0 Å². The molecule has 0 amide bonds. The molecule has 0 aromatic heterocycles. The van der Waals surface area contributed by atoms with E-state index in [0.717, 1.165) is 12.5 Å². The van der Waals surface area contributed by atoms with Crippen LogP contribution >= 0.6 is 0 Å². The summed E-state index contributed by atoms with van der Waals surface area (Å²) >= 11 is 0. The van der Waals surface area contributed by atoms with Crippen LogP contribution in [-0.4, -0.2) is 31.3 Å². The first-order valence-corrected chi connectivity index (χ1v) is 8.78. The van der Waals surface area contributed by atoms with Crippen molar-refractivity contribution in [1.29, 1.82) is 0 Å². The van der Waals surface area contributed by atoms with Crippen molar-refractivity contribution in [2.45, 2.75) is 27.2 Å². The lowest BCUT2D eigenvalue weighted by molar-refractivity contribution is -0.151. The van der Waals surface area contributed by atoms with Gasteiger partial charge in [0.1, 0.15) is 5.76 Å². The Bertz CT molecular complexity index is 788. The Kier molecular flexibility index (Phi) is 6.93. The van der Waals surface area contributed by atoms with Crippen molar-refractivity contribution < 1.29 is 28.6 Å². The molecule has 1 heterocycles. The Balaban J connectivity index is 2.09. The number of allylic oxidation sites excluding steroid dienone is 3. The van der Waals surface area contributed by atoms with Gasteiger partial charge in [0, 0.05) is 6.08 Å². The summed E-state index contributed by atoms with van der Waals surface area (Å²) in [6.45, 7) is 6.31. The fourth-order valence-electron chi connectivity index (χ4n) is 2.49. The van der Waals surface area contributed by atoms with Crippen LogP contribution in [0.3, 0.4) is 0 Å². The topological polar surface area (TPSA) is 78.9 Å². The Labute approximate surface area is 158 Å². The summed E-state index contributed by atoms with van der Waals surface area (Å²) < 4.78 is 15.9. The molecule has 0 radical (unpaired) electrons. The molecular weight excluding hydrogens is 348 g/mol. The van der Waals surface area contributed by atoms with Gasteiger partial charge >= 0.3 is 5.97 Å². The molecule has 1 aliphatic heterocycles. The molecule has 6 nitrogen and oxygen atoms in total. The van der Waals surface area contributed by atoms with E-state index < -0.39 is 23.5 Å². The average molecular weight is 372 g/mol. The Morgan fingerprint density at radius 2 is 2.00 bits per heavy atom. The second-order valence-corrected chi connectivity index (χ2v) is 6.69. The number of ether oxygens (including phenoxy) is 3. The molecule has 1 aliphatic rings. The molecule has 0 fully saturated rings. The number of hydrogen-bond acceptors (Lipinski definition) is 6. The molecule has 0 saturated heterocycles. The van der Waals surface area contributed by atoms with Gasteiger partial charge in [-0.1, -0.05) is 26.0 Å². The summed E-state index contributed by atoms with van der Waals surface area (Å²) in [6.07, 6.45) is 4.81. The standard InChI is InChI=1S/C21H24O6/c1-13(2)9-10-26-18-8-6-15(12-19(18)25-4)5-7-16(22)20-17(23)11-14(3)27-21(20)24/h5-8,11-13,20H,9-10H2,1-4H3. The van der Waals surface area contributed by atoms with Crippen LogP contribution in [0, 0.1) is 11.8 Å². The zero-order valence-electron chi connectivity index (χ0n) is 16.0. The van der Waals surface area contributed by atoms with Gasteiger partial charge < -0.3 is 14.2 Å². The van der Waals surface area contributed by atoms with E-state index in [4.69, 9.17) is 14.2 Å². The van der Waals surface area contributed by atoms with E-state index in [1.54, 1.807) is 18.2 Å². The van der Waals surface area contributed by atoms with E-state index in [1.807, 2.05) is 0 Å². The Morgan fingerprint density at radius 1 is 1.26 bits per heavy atom. The van der Waals surface area contributed by atoms with Gasteiger partial charge in [-0.3, -0.25) is 14.4 Å². The molecule has 1 atom stereocenters. The van der Waals surface area contributed by atoms with Crippen LogP contribution in [0.5, 0.6) is 11.5 Å². The highest BCUT2D eigenvalue weighted by molar-refractivity contribution is 6.25. The summed E-state index contributed by atoms with van der Waals surface area (Å²) in [7, 11) is 1.54. The molecule has 2 rings (SSSR count). The molecule has 0 N–H and O–H groups in total. The third-order valence-electron chi connectivity index (χ3n) is 3.99. The Hall–Kier alpha value is -2.89. The minimum Gasteiger partial charge on any atom is -0.493 e. The number of carbonyl (C=O) groups excluding carboxylic acids is 3. The van der Waals surface area contributed by atoms with Crippen molar-refractivity contribution in [3.63, 3.8) is 0 Å². The summed E-state index contributed by atoms with van der Waals surface area (Å²) in [4.78, 5) is 35.9. The molecule has 0 saturated carbocycles. The monoisotopic (exact) mass is 372 g/mol. The molecule has 1 aromatic carbocycles. The number of cyclic esters (lactones) is 1. The third-order valence-corrected chi connectivity index (χ3v) is 3.99. The van der Waals surface area contributed by atoms with Gasteiger partial charge in [-0.15, -0.1) is 0 Å². The van der Waals surface area contributed by atoms with Crippen molar-refractivity contribution >= 4 is 23.6 Å². The maximum Gasteiger partial charge on any atom is 0.329 e. The van der Waals surface area contributed by atoms with Gasteiger partial charge in [-0.25, -0.2) is 0 Å². The van der Waals surface area contributed by atoms with E-state index in [0.29, 0.717) is 29.6 Å². The molecule has 0 spiro atoms. The first-order chi connectivity index (χ1) is 12.8. The van der Waals surface area contributed by atoms with Crippen LogP contribution in [0.15, 0.2) is 36.1 Å². The first kappa shape index (κ1) is 20.4. The number of methoxy groups -OCH3 is 1. The van der Waals surface area contributed by atoms with E-state index in [-0.39, 0.29) is 5.76 Å². The average Bonchev–Trinajstić information content (AvgIpc) is 2.59. The molecule has 144 valence electrons. The molecular formula is C21H24O6. The minimum atomic E-state index is -1.44. The normalized spacial score (nSPS) is 17.1. The first-order valence-electron chi connectivity index (χ1n) is 8.78. The highest BCUT2D eigenvalue weighted by Crippen LogP contribution is 2.29. The quantitative estimate of drug-likeness (QED) is 0.396. The maximum absolute atomic E-state index is 12.2. The van der Waals surface area contributed by atoms with E-state index in [2.05, 4.69) is 13.8 Å². The highest BCUT2D eigenvalue weighted by Gasteiger charge is 2.36. The highest BCUT2D eigenvalue weighted by atomic mass is 16.5. The van der Waals surface area contributed by atoms with Crippen molar-refractivity contribution in [3.05, 3.63) is 41.7 Å². The minimum absolute atomic E-state index is 0.191. The zero-order valence-corrected chi connectivity index (χ0v) is 16.0. The van der Waals surface area contributed by atoms with Gasteiger partial charge in [-0.2, -0.15) is 0 Å². The Morgan fingerprint density at radius 3 is 2.63 bits per heavy atom. The predicted octanol–water partition coefficient (Wildman–Crippen LogP) is 3.35. The van der Waals surface area contributed by atoms with Crippen LogP contribution in [0.1, 0.15) is 32.8 Å². The van der Waals surface area contributed by atoms with Crippen molar-refractivity contribution in [3.8, 4) is 11.5 Å². The van der Waals surface area contributed by atoms with Crippen LogP contribution in [0.4, 0.5) is 0 Å². The van der Waals surface area contributed by atoms with Crippen molar-refractivity contribution in [1.82, 2.24) is 0 Å². The predicted molar refractivity (Wildman–Crippen MR) is 100 cm³/mol. The number of carbonyl (C=O) groups is 3. The van der Waals surface area contributed by atoms with E-state index in [1.165, 1.54) is 26.2 Å². The summed E-state index contributed by atoms with van der Waals surface area (Å²) in [5.41, 5.74) is 0.680. The zero-order chi connectivity index (χ0) is 20.0. The molecule has 0 bridgehead atoms. The van der Waals surface area contributed by atoms with Crippen LogP contribution in [0.25, 0.3) is 6.08 Å². The van der Waals surface area contributed by atoms with Gasteiger partial charge in [0.25, 0.3) is 0 Å². The summed E-state index contributed by atoms with van der Waals surface area (Å²) in [5, 5.41) is 0. The lowest BCUT2D eigenvalue weighted by Crippen LogP contribution is -2.34. The van der Waals surface area contributed by atoms with Crippen molar-refractivity contribution in [2.24, 2.45) is 11.8 Å². The molecule has 0 aliphatic carbocycles. The lowest BCUT2D eigenvalue weighted by Gasteiger charge is -2.15.